The van der Waals surface area contributed by atoms with Gasteiger partial charge in [-0.2, -0.15) is 8.42 Å². The molecule has 1 aromatic carbocycles. The molecule has 0 aliphatic carbocycles. The minimum atomic E-state index is -4.02. The second kappa shape index (κ2) is 8.39. The quantitative estimate of drug-likeness (QED) is 0.629. The summed E-state index contributed by atoms with van der Waals surface area (Å²) in [6, 6.07) is 11.7. The van der Waals surface area contributed by atoms with Gasteiger partial charge in [-0.1, -0.05) is 41.4 Å². The number of halogens is 1. The molecule has 2 heterocycles. The van der Waals surface area contributed by atoms with E-state index in [4.69, 9.17) is 16.2 Å². The molecule has 0 fully saturated rings. The molecule has 0 radical (unpaired) electrons. The third kappa shape index (κ3) is 5.72. The van der Waals surface area contributed by atoms with Crippen LogP contribution in [0.15, 0.2) is 53.4 Å². The number of aryl methyl sites for hydroxylation is 1. The van der Waals surface area contributed by atoms with Crippen LogP contribution >= 0.6 is 11.6 Å². The Hall–Kier alpha value is -1.73. The molecule has 2 N–H and O–H groups in total. The summed E-state index contributed by atoms with van der Waals surface area (Å²) < 4.78 is 29.6. The van der Waals surface area contributed by atoms with Crippen molar-refractivity contribution < 1.29 is 13.0 Å². The maximum Gasteiger partial charge on any atom is 0.294 e. The van der Waals surface area contributed by atoms with Gasteiger partial charge in [-0.05, 0) is 49.7 Å². The summed E-state index contributed by atoms with van der Waals surface area (Å²) >= 11 is 5.81. The fourth-order valence-electron chi connectivity index (χ4n) is 2.15. The van der Waals surface area contributed by atoms with E-state index in [0.717, 1.165) is 30.8 Å². The first-order valence-corrected chi connectivity index (χ1v) is 9.25. The molecular formula is C17H19ClN2O3S. The van der Waals surface area contributed by atoms with Gasteiger partial charge in [0.25, 0.3) is 10.1 Å². The fraction of sp³-hybridized carbons (Fsp3) is 0.235. The fourth-order valence-corrected chi connectivity index (χ4v) is 2.80. The Labute approximate surface area is 147 Å². The molecule has 24 heavy (non-hydrogen) atoms. The van der Waals surface area contributed by atoms with Crippen LogP contribution in [0.25, 0.3) is 5.57 Å². The molecule has 0 spiro atoms. The number of nitrogens with zero attached hydrogens (tertiary/aromatic N) is 1. The molecule has 0 atom stereocenters. The molecule has 0 saturated carbocycles. The monoisotopic (exact) mass is 366 g/mol. The highest BCUT2D eigenvalue weighted by atomic mass is 35.5. The van der Waals surface area contributed by atoms with Gasteiger partial charge in [0, 0.05) is 6.54 Å². The van der Waals surface area contributed by atoms with Gasteiger partial charge in [-0.3, -0.25) is 4.55 Å². The summed E-state index contributed by atoms with van der Waals surface area (Å²) in [7, 11) is -4.02. The van der Waals surface area contributed by atoms with E-state index in [9.17, 15) is 8.42 Å². The Morgan fingerprint density at radius 1 is 1.17 bits per heavy atom. The molecule has 0 unspecified atom stereocenters. The molecule has 1 aromatic heterocycles. The molecular weight excluding hydrogens is 348 g/mol. The van der Waals surface area contributed by atoms with Crippen molar-refractivity contribution in [1.82, 2.24) is 10.3 Å². The van der Waals surface area contributed by atoms with Gasteiger partial charge in [0.2, 0.25) is 0 Å². The summed E-state index contributed by atoms with van der Waals surface area (Å²) in [5.41, 5.74) is 3.26. The highest BCUT2D eigenvalue weighted by Gasteiger charge is 2.07. The van der Waals surface area contributed by atoms with Gasteiger partial charge in [-0.25, -0.2) is 4.98 Å². The van der Waals surface area contributed by atoms with Crippen LogP contribution in [0, 0.1) is 6.92 Å². The van der Waals surface area contributed by atoms with E-state index < -0.39 is 10.1 Å². The van der Waals surface area contributed by atoms with E-state index in [1.54, 1.807) is 18.2 Å². The molecule has 3 rings (SSSR count). The van der Waals surface area contributed by atoms with E-state index in [0.29, 0.717) is 5.15 Å². The van der Waals surface area contributed by atoms with Crippen LogP contribution in [0.2, 0.25) is 5.15 Å². The Kier molecular flexibility index (Phi) is 6.51. The van der Waals surface area contributed by atoms with Crippen LogP contribution in [0.5, 0.6) is 0 Å². The Morgan fingerprint density at radius 3 is 2.42 bits per heavy atom. The number of hydrogen-bond acceptors (Lipinski definition) is 4. The third-order valence-corrected chi connectivity index (χ3v) is 4.51. The SMILES string of the molecule is Cc1ccc(S(=O)(=O)O)cc1.Clc1cccc(C2=CCNCC2)n1. The molecule has 128 valence electrons. The predicted octanol–water partition coefficient (Wildman–Crippen LogP) is 3.35. The lowest BCUT2D eigenvalue weighted by molar-refractivity contribution is 0.483. The van der Waals surface area contributed by atoms with Gasteiger partial charge < -0.3 is 5.32 Å². The zero-order valence-corrected chi connectivity index (χ0v) is 14.8. The van der Waals surface area contributed by atoms with E-state index in [-0.39, 0.29) is 4.90 Å². The predicted molar refractivity (Wildman–Crippen MR) is 95.7 cm³/mol. The summed E-state index contributed by atoms with van der Waals surface area (Å²) in [6.07, 6.45) is 3.20. The Bertz CT molecular complexity index is 818. The minimum Gasteiger partial charge on any atom is -0.313 e. The van der Waals surface area contributed by atoms with Gasteiger partial charge in [0.15, 0.2) is 0 Å². The number of rotatable bonds is 2. The van der Waals surface area contributed by atoms with Crippen molar-refractivity contribution in [2.75, 3.05) is 13.1 Å². The number of benzene rings is 1. The molecule has 1 aliphatic heterocycles. The summed E-state index contributed by atoms with van der Waals surface area (Å²) in [6.45, 7) is 3.80. The van der Waals surface area contributed by atoms with Crippen LogP contribution in [0.3, 0.4) is 0 Å². The maximum absolute atomic E-state index is 10.5. The van der Waals surface area contributed by atoms with Crippen molar-refractivity contribution in [2.24, 2.45) is 0 Å². The second-order valence-corrected chi connectivity index (χ2v) is 7.13. The van der Waals surface area contributed by atoms with Gasteiger partial charge >= 0.3 is 0 Å². The number of aromatic nitrogens is 1. The molecule has 0 amide bonds. The smallest absolute Gasteiger partial charge is 0.294 e. The lowest BCUT2D eigenvalue weighted by Gasteiger charge is -2.13. The highest BCUT2D eigenvalue weighted by molar-refractivity contribution is 7.85. The van der Waals surface area contributed by atoms with E-state index in [1.165, 1.54) is 17.7 Å². The first kappa shape index (κ1) is 18.6. The van der Waals surface area contributed by atoms with Crippen molar-refractivity contribution in [3.63, 3.8) is 0 Å². The van der Waals surface area contributed by atoms with Crippen LogP contribution in [0.1, 0.15) is 17.7 Å². The van der Waals surface area contributed by atoms with Crippen molar-refractivity contribution in [3.8, 4) is 0 Å². The first-order valence-electron chi connectivity index (χ1n) is 7.43. The molecule has 1 aliphatic rings. The lowest BCUT2D eigenvalue weighted by Crippen LogP contribution is -2.20. The van der Waals surface area contributed by atoms with Crippen LogP contribution in [-0.2, 0) is 10.1 Å². The van der Waals surface area contributed by atoms with E-state index in [1.807, 2.05) is 19.1 Å². The molecule has 0 saturated heterocycles. The lowest BCUT2D eigenvalue weighted by atomic mass is 10.1. The molecule has 0 bridgehead atoms. The van der Waals surface area contributed by atoms with Gasteiger partial charge in [0.05, 0.1) is 10.6 Å². The van der Waals surface area contributed by atoms with Crippen molar-refractivity contribution in [3.05, 3.63) is 65.0 Å². The Balaban J connectivity index is 0.000000177. The number of hydrogen-bond donors (Lipinski definition) is 2. The van der Waals surface area contributed by atoms with Crippen LogP contribution in [-0.4, -0.2) is 31.0 Å². The van der Waals surface area contributed by atoms with Gasteiger partial charge in [0.1, 0.15) is 5.15 Å². The van der Waals surface area contributed by atoms with E-state index >= 15 is 0 Å². The second-order valence-electron chi connectivity index (χ2n) is 5.32. The van der Waals surface area contributed by atoms with Crippen molar-refractivity contribution in [2.45, 2.75) is 18.2 Å². The third-order valence-electron chi connectivity index (χ3n) is 3.43. The van der Waals surface area contributed by atoms with Crippen LogP contribution in [0.4, 0.5) is 0 Å². The molecule has 5 nitrogen and oxygen atoms in total. The van der Waals surface area contributed by atoms with E-state index in [2.05, 4.69) is 16.4 Å². The van der Waals surface area contributed by atoms with Crippen molar-refractivity contribution in [1.29, 1.82) is 0 Å². The standard InChI is InChI=1S/C10H11ClN2.C7H8O3S/c11-10-3-1-2-9(13-10)8-4-6-12-7-5-8;1-6-2-4-7(5-3-6)11(8,9)10/h1-4,12H,5-7H2;2-5H,1H3,(H,8,9,10). The highest BCUT2D eigenvalue weighted by Crippen LogP contribution is 2.18. The normalized spacial score (nSPS) is 14.4. The first-order chi connectivity index (χ1) is 11.4. The largest absolute Gasteiger partial charge is 0.313 e. The van der Waals surface area contributed by atoms with Crippen molar-refractivity contribution >= 4 is 27.3 Å². The zero-order chi connectivity index (χ0) is 17.6. The van der Waals surface area contributed by atoms with Crippen LogP contribution < -0.4 is 5.32 Å². The zero-order valence-electron chi connectivity index (χ0n) is 13.2. The number of nitrogens with one attached hydrogen (secondary N) is 1. The Morgan fingerprint density at radius 2 is 1.88 bits per heavy atom. The average Bonchev–Trinajstić information content (AvgIpc) is 2.56. The average molecular weight is 367 g/mol. The summed E-state index contributed by atoms with van der Waals surface area (Å²) in [4.78, 5) is 4.20. The summed E-state index contributed by atoms with van der Waals surface area (Å²) in [5, 5.41) is 3.83. The minimum absolute atomic E-state index is 0.0666. The number of pyridine rings is 1. The van der Waals surface area contributed by atoms with Gasteiger partial charge in [-0.15, -0.1) is 0 Å². The maximum atomic E-state index is 10.5. The topological polar surface area (TPSA) is 79.3 Å². The summed E-state index contributed by atoms with van der Waals surface area (Å²) in [5.74, 6) is 0. The molecule has 7 heteroatoms. The molecule has 2 aromatic rings.